The van der Waals surface area contributed by atoms with Crippen molar-refractivity contribution in [2.24, 2.45) is 5.73 Å². The molecule has 52 valence electrons. The van der Waals surface area contributed by atoms with Gasteiger partial charge in [0.05, 0.1) is 6.04 Å². The van der Waals surface area contributed by atoms with Gasteiger partial charge in [0.1, 0.15) is 5.69 Å². The molecule has 0 aliphatic heterocycles. The minimum absolute atomic E-state index is 0.191. The third kappa shape index (κ3) is 1.33. The maximum absolute atomic E-state index is 5.58. The van der Waals surface area contributed by atoms with E-state index in [1.165, 1.54) is 0 Å². The molecule has 1 unspecified atom stereocenters. The molecule has 0 amide bonds. The fourth-order valence-electron chi connectivity index (χ4n) is 0.623. The van der Waals surface area contributed by atoms with Gasteiger partial charge in [-0.05, 0) is 0 Å². The molecule has 0 radical (unpaired) electrons. The summed E-state index contributed by atoms with van der Waals surface area (Å²) in [5.41, 5.74) is 6.29. The monoisotopic (exact) mass is 136 g/mol. The smallest absolute Gasteiger partial charge is 0.100 e. The van der Waals surface area contributed by atoms with Crippen LogP contribution in [0, 0.1) is 12.3 Å². The maximum atomic E-state index is 5.58. The number of hydrogen-bond donors (Lipinski definition) is 2. The van der Waals surface area contributed by atoms with E-state index in [1.807, 2.05) is 0 Å². The Balaban J connectivity index is 2.61. The summed E-state index contributed by atoms with van der Waals surface area (Å²) in [5.74, 6) is 2.45. The normalized spacial score (nSPS) is 12.4. The van der Waals surface area contributed by atoms with Gasteiger partial charge in [-0.3, -0.25) is 5.10 Å². The van der Waals surface area contributed by atoms with Crippen LogP contribution in [0.15, 0.2) is 6.20 Å². The van der Waals surface area contributed by atoms with Gasteiger partial charge in [0, 0.05) is 12.6 Å². The summed E-state index contributed by atoms with van der Waals surface area (Å²) in [6.07, 6.45) is 7.18. The lowest BCUT2D eigenvalue weighted by molar-refractivity contribution is 0.718. The molecule has 0 saturated heterocycles. The van der Waals surface area contributed by atoms with Crippen molar-refractivity contribution in [3.8, 4) is 12.3 Å². The standard InChI is InChI=1S/C6H8N4/c1-2-3-5(7)6-4-8-10-9-6/h1,4-5H,3,7H2,(H,8,9,10). The quantitative estimate of drug-likeness (QED) is 0.554. The Bertz CT molecular complexity index is 220. The number of aromatic nitrogens is 3. The van der Waals surface area contributed by atoms with Crippen molar-refractivity contribution in [1.82, 2.24) is 15.4 Å². The lowest BCUT2D eigenvalue weighted by Crippen LogP contribution is -2.09. The van der Waals surface area contributed by atoms with E-state index < -0.39 is 0 Å². The molecule has 0 saturated carbocycles. The van der Waals surface area contributed by atoms with Crippen LogP contribution >= 0.6 is 0 Å². The number of terminal acetylenes is 1. The van der Waals surface area contributed by atoms with E-state index in [0.29, 0.717) is 12.1 Å². The molecule has 0 spiro atoms. The van der Waals surface area contributed by atoms with E-state index in [0.717, 1.165) is 0 Å². The van der Waals surface area contributed by atoms with Gasteiger partial charge in [0.2, 0.25) is 0 Å². The van der Waals surface area contributed by atoms with Crippen molar-refractivity contribution in [3.63, 3.8) is 0 Å². The van der Waals surface area contributed by atoms with Gasteiger partial charge in [-0.25, -0.2) is 0 Å². The van der Waals surface area contributed by atoms with Crippen LogP contribution in [0.1, 0.15) is 18.2 Å². The number of aromatic amines is 1. The molecule has 1 rings (SSSR count). The predicted octanol–water partition coefficient (Wildman–Crippen LogP) is -0.172. The van der Waals surface area contributed by atoms with Crippen LogP contribution in [-0.4, -0.2) is 15.4 Å². The second kappa shape index (κ2) is 2.99. The van der Waals surface area contributed by atoms with E-state index in [4.69, 9.17) is 12.2 Å². The van der Waals surface area contributed by atoms with E-state index in [-0.39, 0.29) is 6.04 Å². The molecule has 1 aromatic rings. The van der Waals surface area contributed by atoms with Gasteiger partial charge in [-0.2, -0.15) is 0 Å². The Kier molecular flexibility index (Phi) is 2.03. The molecule has 1 heterocycles. The summed E-state index contributed by atoms with van der Waals surface area (Å²) < 4.78 is 0. The van der Waals surface area contributed by atoms with Crippen molar-refractivity contribution >= 4 is 0 Å². The molecule has 1 aromatic heterocycles. The van der Waals surface area contributed by atoms with Crippen LogP contribution in [0.2, 0.25) is 0 Å². The maximum Gasteiger partial charge on any atom is 0.100 e. The highest BCUT2D eigenvalue weighted by Gasteiger charge is 2.05. The largest absolute Gasteiger partial charge is 0.322 e. The minimum Gasteiger partial charge on any atom is -0.322 e. The minimum atomic E-state index is -0.191. The fraction of sp³-hybridized carbons (Fsp3) is 0.333. The Morgan fingerprint density at radius 2 is 2.70 bits per heavy atom. The number of rotatable bonds is 2. The highest BCUT2D eigenvalue weighted by Crippen LogP contribution is 2.06. The topological polar surface area (TPSA) is 67.6 Å². The highest BCUT2D eigenvalue weighted by atomic mass is 15.3. The Morgan fingerprint density at radius 1 is 1.90 bits per heavy atom. The average molecular weight is 136 g/mol. The first kappa shape index (κ1) is 6.78. The average Bonchev–Trinajstić information content (AvgIpc) is 2.38. The molecule has 0 aliphatic rings. The SMILES string of the molecule is C#CCC(N)c1c[nH]nn1. The van der Waals surface area contributed by atoms with Gasteiger partial charge < -0.3 is 5.73 Å². The molecule has 10 heavy (non-hydrogen) atoms. The van der Waals surface area contributed by atoms with Crippen LogP contribution in [0.4, 0.5) is 0 Å². The van der Waals surface area contributed by atoms with Crippen molar-refractivity contribution in [2.45, 2.75) is 12.5 Å². The van der Waals surface area contributed by atoms with Gasteiger partial charge in [-0.1, -0.05) is 5.21 Å². The summed E-state index contributed by atoms with van der Waals surface area (Å²) in [6, 6.07) is -0.191. The molecule has 3 N–H and O–H groups in total. The Hall–Kier alpha value is -1.34. The molecule has 0 bridgehead atoms. The van der Waals surface area contributed by atoms with Crippen molar-refractivity contribution in [1.29, 1.82) is 0 Å². The first-order valence-electron chi connectivity index (χ1n) is 2.90. The molecule has 4 heteroatoms. The van der Waals surface area contributed by atoms with Crippen molar-refractivity contribution in [3.05, 3.63) is 11.9 Å². The number of nitrogens with two attached hydrogens (primary N) is 1. The summed E-state index contributed by atoms with van der Waals surface area (Å²) in [6.45, 7) is 0. The number of H-pyrrole nitrogens is 1. The first-order valence-corrected chi connectivity index (χ1v) is 2.90. The lowest BCUT2D eigenvalue weighted by Gasteiger charge is -1.99. The fourth-order valence-corrected chi connectivity index (χ4v) is 0.623. The first-order chi connectivity index (χ1) is 4.84. The Morgan fingerprint density at radius 3 is 3.20 bits per heavy atom. The van der Waals surface area contributed by atoms with Crippen LogP contribution in [0.3, 0.4) is 0 Å². The van der Waals surface area contributed by atoms with Gasteiger partial charge in [0.15, 0.2) is 0 Å². The second-order valence-electron chi connectivity index (χ2n) is 1.91. The molecule has 0 aliphatic carbocycles. The third-order valence-electron chi connectivity index (χ3n) is 1.15. The molecule has 0 aromatic carbocycles. The van der Waals surface area contributed by atoms with Gasteiger partial charge in [0.25, 0.3) is 0 Å². The number of hydrogen-bond acceptors (Lipinski definition) is 3. The van der Waals surface area contributed by atoms with Gasteiger partial charge in [-0.15, -0.1) is 17.4 Å². The zero-order chi connectivity index (χ0) is 7.40. The predicted molar refractivity (Wildman–Crippen MR) is 36.8 cm³/mol. The van der Waals surface area contributed by atoms with Crippen molar-refractivity contribution < 1.29 is 0 Å². The lowest BCUT2D eigenvalue weighted by atomic mass is 10.2. The van der Waals surface area contributed by atoms with E-state index in [9.17, 15) is 0 Å². The second-order valence-corrected chi connectivity index (χ2v) is 1.91. The molecular formula is C6H8N4. The van der Waals surface area contributed by atoms with E-state index >= 15 is 0 Å². The van der Waals surface area contributed by atoms with Crippen molar-refractivity contribution in [2.75, 3.05) is 0 Å². The zero-order valence-corrected chi connectivity index (χ0v) is 5.41. The van der Waals surface area contributed by atoms with Crippen LogP contribution in [-0.2, 0) is 0 Å². The molecular weight excluding hydrogens is 128 g/mol. The van der Waals surface area contributed by atoms with Crippen LogP contribution < -0.4 is 5.73 Å². The van der Waals surface area contributed by atoms with Gasteiger partial charge >= 0.3 is 0 Å². The summed E-state index contributed by atoms with van der Waals surface area (Å²) in [7, 11) is 0. The van der Waals surface area contributed by atoms with Crippen LogP contribution in [0.25, 0.3) is 0 Å². The number of nitrogens with zero attached hydrogens (tertiary/aromatic N) is 2. The van der Waals surface area contributed by atoms with E-state index in [2.05, 4.69) is 21.3 Å². The molecule has 0 fully saturated rings. The number of nitrogens with one attached hydrogen (secondary N) is 1. The summed E-state index contributed by atoms with van der Waals surface area (Å²) in [4.78, 5) is 0. The molecule has 4 nitrogen and oxygen atoms in total. The molecule has 1 atom stereocenters. The third-order valence-corrected chi connectivity index (χ3v) is 1.15. The van der Waals surface area contributed by atoms with E-state index in [1.54, 1.807) is 6.20 Å². The summed E-state index contributed by atoms with van der Waals surface area (Å²) >= 11 is 0. The highest BCUT2D eigenvalue weighted by molar-refractivity contribution is 5.03. The summed E-state index contributed by atoms with van der Waals surface area (Å²) in [5, 5.41) is 9.77. The Labute approximate surface area is 58.8 Å². The van der Waals surface area contributed by atoms with Crippen LogP contribution in [0.5, 0.6) is 0 Å². The zero-order valence-electron chi connectivity index (χ0n) is 5.41.